The van der Waals surface area contributed by atoms with Crippen molar-refractivity contribution in [3.63, 3.8) is 0 Å². The third kappa shape index (κ3) is 15.9. The summed E-state index contributed by atoms with van der Waals surface area (Å²) in [7, 11) is -1.01. The van der Waals surface area contributed by atoms with E-state index in [-0.39, 0.29) is 80.7 Å². The molecule has 3 aromatic carbocycles. The summed E-state index contributed by atoms with van der Waals surface area (Å²) < 4.78 is 119. The first-order chi connectivity index (χ1) is 37.0. The smallest absolute Gasteiger partial charge is 0.408 e. The van der Waals surface area contributed by atoms with Crippen LogP contribution in [0.2, 0.25) is 5.02 Å². The van der Waals surface area contributed by atoms with Gasteiger partial charge in [0, 0.05) is 52.8 Å². The van der Waals surface area contributed by atoms with Gasteiger partial charge in [-0.05, 0) is 111 Å². The number of halogens is 9. The van der Waals surface area contributed by atoms with Crippen molar-refractivity contribution < 1.29 is 64.0 Å². The summed E-state index contributed by atoms with van der Waals surface area (Å²) in [5.74, 6) is -0.951. The van der Waals surface area contributed by atoms with Crippen molar-refractivity contribution in [2.45, 2.75) is 130 Å². The number of anilines is 1. The van der Waals surface area contributed by atoms with E-state index in [4.69, 9.17) is 21.1 Å². The van der Waals surface area contributed by atoms with Gasteiger partial charge in [0.2, 0.25) is 20.8 Å². The normalized spacial score (nSPS) is 13.0. The Morgan fingerprint density at radius 3 is 2.16 bits per heavy atom. The highest BCUT2D eigenvalue weighted by Gasteiger charge is 2.45. The van der Waals surface area contributed by atoms with E-state index in [1.807, 2.05) is 34.0 Å². The number of aryl methyl sites for hydroxylation is 2. The van der Waals surface area contributed by atoms with Gasteiger partial charge in [-0.3, -0.25) is 23.7 Å². The molecule has 3 N–H and O–H groups in total. The summed E-state index contributed by atoms with van der Waals surface area (Å²) in [6.07, 6.45) is -2.91. The number of aromatic nitrogens is 5. The molecule has 25 heteroatoms. The molecule has 79 heavy (non-hydrogen) atoms. The lowest BCUT2D eigenvalue weighted by Crippen LogP contribution is -2.32. The fourth-order valence-corrected chi connectivity index (χ4v) is 10.1. The predicted molar refractivity (Wildman–Crippen MR) is 294 cm³/mol. The Hall–Kier alpha value is -5.92. The van der Waals surface area contributed by atoms with E-state index in [1.165, 1.54) is 42.3 Å². The van der Waals surface area contributed by atoms with Crippen LogP contribution in [0.5, 0.6) is 5.75 Å². The number of pyridine rings is 1. The number of alkyl halides is 6. The number of carbonyl (C=O) groups is 3. The second kappa shape index (κ2) is 26.6. The third-order valence-corrected chi connectivity index (χ3v) is 14.7. The first-order valence-corrected chi connectivity index (χ1v) is 28.0. The Labute approximate surface area is 467 Å². The van der Waals surface area contributed by atoms with Gasteiger partial charge in [-0.25, -0.2) is 22.5 Å². The number of hydrogen-bond acceptors (Lipinski definition) is 10. The lowest BCUT2D eigenvalue weighted by molar-refractivity contribution is -0.142. The Morgan fingerprint density at radius 2 is 1.58 bits per heavy atom. The molecule has 1 unspecified atom stereocenters. The molecule has 0 aliphatic heterocycles. The Bertz CT molecular complexity index is 3240. The van der Waals surface area contributed by atoms with Crippen molar-refractivity contribution >= 4 is 78.8 Å². The van der Waals surface area contributed by atoms with Crippen molar-refractivity contribution in [1.82, 2.24) is 29.9 Å². The van der Waals surface area contributed by atoms with Gasteiger partial charge in [0.15, 0.2) is 5.82 Å². The first-order valence-electron chi connectivity index (χ1n) is 24.4. The molecule has 0 fully saturated rings. The molecule has 0 saturated heterocycles. The summed E-state index contributed by atoms with van der Waals surface area (Å²) in [4.78, 5) is 54.4. The monoisotopic (exact) mass is 1180 g/mol. The van der Waals surface area contributed by atoms with Gasteiger partial charge in [0.05, 0.1) is 45.0 Å². The van der Waals surface area contributed by atoms with Gasteiger partial charge >= 0.3 is 12.1 Å². The minimum atomic E-state index is -4.84. The van der Waals surface area contributed by atoms with Crippen LogP contribution in [0.1, 0.15) is 105 Å². The zero-order chi connectivity index (χ0) is 58.9. The molecule has 1 aliphatic carbocycles. The van der Waals surface area contributed by atoms with Crippen molar-refractivity contribution in [2.75, 3.05) is 16.8 Å². The Balaban J connectivity index is 0.000000938. The summed E-state index contributed by atoms with van der Waals surface area (Å²) in [5, 5.41) is 20.6. The van der Waals surface area contributed by atoms with E-state index in [1.54, 1.807) is 52.0 Å². The van der Waals surface area contributed by atoms with Crippen LogP contribution in [-0.2, 0) is 64.9 Å². The molecule has 0 radical (unpaired) electrons. The first kappa shape index (κ1) is 63.9. The maximum atomic E-state index is 14.9. The molecule has 0 saturated carbocycles. The SMILES string of the molecule is CC.CSN(C(=O)CC(C)(C)c1c(CC(=O)O)cc(C)cc1OPO)c1nn(CC(F)(F)F)c2c(-c3ccc(C#CC(C)(C)SC)nc3CNC(=O)Cn3nc(CF)c4c3C(F)(F)CC4)ccc(Cl)c12.Cc1cc(F)cc(F)c1. The molecule has 0 spiro atoms. The predicted octanol–water partition coefficient (Wildman–Crippen LogP) is 12.9. The minimum Gasteiger partial charge on any atom is -0.481 e. The van der Waals surface area contributed by atoms with Crippen LogP contribution in [0, 0.1) is 37.3 Å². The Kier molecular flexibility index (Phi) is 21.5. The lowest BCUT2D eigenvalue weighted by atomic mass is 9.77. The van der Waals surface area contributed by atoms with Crippen molar-refractivity contribution in [1.29, 1.82) is 0 Å². The molecule has 7 rings (SSSR count). The van der Waals surface area contributed by atoms with Crippen molar-refractivity contribution in [3.8, 4) is 28.7 Å². The van der Waals surface area contributed by atoms with Crippen LogP contribution in [0.4, 0.5) is 40.9 Å². The standard InChI is InChI=1S/C45H47ClF6N7O6PS2.C7H6F2.C2H6/c1-24-16-25(18-36(62)63)38(33(17-24)65-66-64)42(2,3)19-35(61)59(68-7)41-37-30(46)11-10-28(39(37)58(56-41)23-45(50,51)52)27-9-8-26(12-14-43(4,5)67-6)54-32(27)21-53-34(60)22-57-40-29(31(20-47)55-57)13-15-44(40,48)49;1-5-2-6(8)4-7(9)3-5;1-2/h8-11,16-17,64,66H,13,15,18-23H2,1-7H3,(H,53,60)(H,62,63);2-4H,1H3;1-2H3. The van der Waals surface area contributed by atoms with E-state index in [0.29, 0.717) is 26.9 Å². The van der Waals surface area contributed by atoms with Crippen LogP contribution >= 0.6 is 44.3 Å². The minimum absolute atomic E-state index is 0.0426. The summed E-state index contributed by atoms with van der Waals surface area (Å²) in [6, 6.07) is 12.6. The summed E-state index contributed by atoms with van der Waals surface area (Å²) >= 11 is 9.16. The van der Waals surface area contributed by atoms with E-state index in [0.717, 1.165) is 27.0 Å². The number of thioether (sulfide) groups is 1. The number of nitrogens with zero attached hydrogens (tertiary/aromatic N) is 6. The van der Waals surface area contributed by atoms with Gasteiger partial charge in [0.1, 0.15) is 48.5 Å². The maximum Gasteiger partial charge on any atom is 0.408 e. The molecular formula is C54H59ClF8N7O6PS2. The number of fused-ring (bicyclic) bond motifs is 2. The molecule has 3 aromatic heterocycles. The van der Waals surface area contributed by atoms with Crippen molar-refractivity contribution in [3.05, 3.63) is 122 Å². The van der Waals surface area contributed by atoms with Crippen LogP contribution in [0.3, 0.4) is 0 Å². The van der Waals surface area contributed by atoms with Gasteiger partial charge in [-0.2, -0.15) is 32.1 Å². The van der Waals surface area contributed by atoms with Crippen LogP contribution < -0.4 is 14.1 Å². The highest BCUT2D eigenvalue weighted by atomic mass is 35.5. The van der Waals surface area contributed by atoms with Crippen molar-refractivity contribution in [2.24, 2.45) is 0 Å². The molecule has 1 atom stereocenters. The highest BCUT2D eigenvalue weighted by Crippen LogP contribution is 2.46. The number of nitrogens with one attached hydrogen (secondary N) is 1. The molecule has 1 aliphatic rings. The number of amides is 2. The zero-order valence-corrected chi connectivity index (χ0v) is 48.2. The second-order valence-corrected chi connectivity index (χ2v) is 22.0. The quantitative estimate of drug-likeness (QED) is 0.0344. The molecule has 13 nitrogen and oxygen atoms in total. The number of benzene rings is 3. The zero-order valence-electron chi connectivity index (χ0n) is 44.8. The largest absolute Gasteiger partial charge is 0.481 e. The number of hydrogen-bond donors (Lipinski definition) is 3. The second-order valence-electron chi connectivity index (χ2n) is 19.1. The average Bonchev–Trinajstić information content (AvgIpc) is 4.24. The van der Waals surface area contributed by atoms with Gasteiger partial charge in [0.25, 0.3) is 5.92 Å². The van der Waals surface area contributed by atoms with Gasteiger partial charge in [-0.1, -0.05) is 57.3 Å². The third-order valence-electron chi connectivity index (χ3n) is 12.2. The molecule has 426 valence electrons. The lowest BCUT2D eigenvalue weighted by Gasteiger charge is -2.31. The summed E-state index contributed by atoms with van der Waals surface area (Å²) in [5.41, 5.74) is 0.563. The number of carboxylic acid groups (broad SMARTS) is 1. The summed E-state index contributed by atoms with van der Waals surface area (Å²) in [6.45, 7) is 10.7. The fourth-order valence-electron chi connectivity index (χ4n) is 8.90. The van der Waals surface area contributed by atoms with Gasteiger partial charge in [-0.15, -0.1) is 11.8 Å². The number of carbonyl (C=O) groups excluding carboxylic acids is 2. The van der Waals surface area contributed by atoms with E-state index < -0.39 is 99.0 Å². The molecule has 3 heterocycles. The fraction of sp³-hybridized carbons (Fsp3) is 0.407. The number of rotatable bonds is 17. The maximum absolute atomic E-state index is 14.9. The van der Waals surface area contributed by atoms with Crippen LogP contribution in [0.25, 0.3) is 22.0 Å². The van der Waals surface area contributed by atoms with Crippen LogP contribution in [-0.4, -0.2) is 75.8 Å². The van der Waals surface area contributed by atoms with Gasteiger partial charge < -0.3 is 19.8 Å². The molecule has 0 bridgehead atoms. The highest BCUT2D eigenvalue weighted by molar-refractivity contribution is 8.00. The molecule has 6 aromatic rings. The van der Waals surface area contributed by atoms with E-state index in [9.17, 15) is 59.5 Å². The van der Waals surface area contributed by atoms with E-state index in [2.05, 4.69) is 27.4 Å². The van der Waals surface area contributed by atoms with Crippen LogP contribution in [0.15, 0.2) is 54.6 Å². The molecule has 2 amide bonds. The number of carboxylic acids is 1. The number of aliphatic carboxylic acids is 1. The average molecular weight is 1180 g/mol. The topological polar surface area (TPSA) is 165 Å². The Morgan fingerprint density at radius 1 is 0.937 bits per heavy atom. The van der Waals surface area contributed by atoms with E-state index >= 15 is 0 Å². The molecular weight excluding hydrogens is 1130 g/mol.